The molecular weight excluding hydrogens is 258 g/mol. The fraction of sp³-hybridized carbons (Fsp3) is 0.467. The van der Waals surface area contributed by atoms with Crippen molar-refractivity contribution in [3.63, 3.8) is 0 Å². The Bertz CT molecular complexity index is 401. The predicted octanol–water partition coefficient (Wildman–Crippen LogP) is 1.87. The molecule has 5 heteroatoms. The zero-order valence-electron chi connectivity index (χ0n) is 11.5. The number of hydrogen-bond donors (Lipinski definition) is 2. The molecule has 0 radical (unpaired) electrons. The minimum Gasteiger partial charge on any atom is -0.473 e. The van der Waals surface area contributed by atoms with Crippen LogP contribution in [0.25, 0.3) is 0 Å². The van der Waals surface area contributed by atoms with Crippen LogP contribution in [-0.4, -0.2) is 46.7 Å². The Kier molecular flexibility index (Phi) is 7.35. The van der Waals surface area contributed by atoms with Gasteiger partial charge in [-0.15, -0.1) is 0 Å². The van der Waals surface area contributed by atoms with Crippen molar-refractivity contribution < 1.29 is 19.8 Å². The summed E-state index contributed by atoms with van der Waals surface area (Å²) in [5.74, 6) is -3.65. The van der Waals surface area contributed by atoms with Crippen molar-refractivity contribution in [1.82, 2.24) is 4.90 Å². The van der Waals surface area contributed by atoms with Crippen molar-refractivity contribution in [2.45, 2.75) is 25.7 Å². The highest BCUT2D eigenvalue weighted by Gasteiger charge is 2.08. The summed E-state index contributed by atoms with van der Waals surface area (Å²) in [6.07, 6.45) is 5.44. The van der Waals surface area contributed by atoms with Gasteiger partial charge in [-0.2, -0.15) is 0 Å². The lowest BCUT2D eigenvalue weighted by Gasteiger charge is -2.26. The van der Waals surface area contributed by atoms with E-state index in [-0.39, 0.29) is 0 Å². The summed E-state index contributed by atoms with van der Waals surface area (Å²) < 4.78 is 0. The summed E-state index contributed by atoms with van der Waals surface area (Å²) in [7, 11) is 0. The maximum atomic E-state index is 9.10. The number of piperidine rings is 1. The summed E-state index contributed by atoms with van der Waals surface area (Å²) in [4.78, 5) is 20.8. The van der Waals surface area contributed by atoms with E-state index in [4.69, 9.17) is 19.8 Å². The van der Waals surface area contributed by atoms with Crippen molar-refractivity contribution in [2.75, 3.05) is 19.6 Å². The van der Waals surface area contributed by atoms with Gasteiger partial charge in [0.2, 0.25) is 0 Å². The van der Waals surface area contributed by atoms with E-state index in [0.29, 0.717) is 0 Å². The Hall–Kier alpha value is -1.88. The number of rotatable bonds is 3. The molecule has 1 fully saturated rings. The first-order valence-corrected chi connectivity index (χ1v) is 6.82. The molecule has 1 aromatic carbocycles. The van der Waals surface area contributed by atoms with Crippen LogP contribution in [0.3, 0.4) is 0 Å². The smallest absolute Gasteiger partial charge is 0.414 e. The monoisotopic (exact) mass is 279 g/mol. The van der Waals surface area contributed by atoms with E-state index >= 15 is 0 Å². The Balaban J connectivity index is 0.000000286. The fourth-order valence-corrected chi connectivity index (χ4v) is 2.11. The van der Waals surface area contributed by atoms with Crippen LogP contribution in [0.2, 0.25) is 0 Å². The summed E-state index contributed by atoms with van der Waals surface area (Å²) in [5, 5.41) is 14.8. The van der Waals surface area contributed by atoms with Gasteiger partial charge in [0.25, 0.3) is 0 Å². The molecule has 2 rings (SSSR count). The van der Waals surface area contributed by atoms with Gasteiger partial charge < -0.3 is 15.1 Å². The molecule has 0 atom stereocenters. The van der Waals surface area contributed by atoms with Crippen molar-refractivity contribution in [1.29, 1.82) is 0 Å². The SMILES string of the molecule is O=C(O)C(=O)O.c1ccc(CCN2CCCCC2)cc1. The molecular formula is C15H21NO4. The zero-order valence-corrected chi connectivity index (χ0v) is 11.5. The van der Waals surface area contributed by atoms with Gasteiger partial charge in [0.05, 0.1) is 0 Å². The molecule has 1 aromatic rings. The average Bonchev–Trinajstić information content (AvgIpc) is 2.48. The molecule has 0 aromatic heterocycles. The van der Waals surface area contributed by atoms with Crippen LogP contribution >= 0.6 is 0 Å². The van der Waals surface area contributed by atoms with Crippen molar-refractivity contribution >= 4 is 11.9 Å². The summed E-state index contributed by atoms with van der Waals surface area (Å²) in [6, 6.07) is 10.8. The molecule has 0 bridgehead atoms. The number of benzene rings is 1. The summed E-state index contributed by atoms with van der Waals surface area (Å²) in [6.45, 7) is 3.86. The minimum absolute atomic E-state index is 1.21. The number of hydrogen-bond acceptors (Lipinski definition) is 3. The van der Waals surface area contributed by atoms with E-state index in [0.717, 1.165) is 0 Å². The van der Waals surface area contributed by atoms with Gasteiger partial charge in [-0.05, 0) is 37.9 Å². The second-order valence-corrected chi connectivity index (χ2v) is 4.75. The summed E-state index contributed by atoms with van der Waals surface area (Å²) >= 11 is 0. The molecule has 0 unspecified atom stereocenters. The van der Waals surface area contributed by atoms with Crippen LogP contribution < -0.4 is 0 Å². The van der Waals surface area contributed by atoms with Gasteiger partial charge in [0.1, 0.15) is 0 Å². The van der Waals surface area contributed by atoms with E-state index < -0.39 is 11.9 Å². The first-order valence-electron chi connectivity index (χ1n) is 6.82. The molecule has 1 aliphatic rings. The van der Waals surface area contributed by atoms with E-state index in [2.05, 4.69) is 35.2 Å². The van der Waals surface area contributed by atoms with Gasteiger partial charge in [-0.3, -0.25) is 0 Å². The first-order chi connectivity index (χ1) is 9.59. The molecule has 5 nitrogen and oxygen atoms in total. The number of aliphatic carboxylic acids is 2. The van der Waals surface area contributed by atoms with Crippen LogP contribution in [0.5, 0.6) is 0 Å². The fourth-order valence-electron chi connectivity index (χ4n) is 2.11. The van der Waals surface area contributed by atoms with E-state index in [1.165, 1.54) is 50.9 Å². The third-order valence-electron chi connectivity index (χ3n) is 3.19. The molecule has 0 aliphatic carbocycles. The molecule has 20 heavy (non-hydrogen) atoms. The lowest BCUT2D eigenvalue weighted by Crippen LogP contribution is -2.31. The normalized spacial score (nSPS) is 15.0. The van der Waals surface area contributed by atoms with Gasteiger partial charge in [0, 0.05) is 6.54 Å². The lowest BCUT2D eigenvalue weighted by atomic mass is 10.1. The number of carboxylic acids is 2. The first kappa shape index (κ1) is 16.2. The third-order valence-corrected chi connectivity index (χ3v) is 3.19. The maximum absolute atomic E-state index is 9.10. The maximum Gasteiger partial charge on any atom is 0.414 e. The standard InChI is InChI=1S/C13H19N.C2H2O4/c1-3-7-13(8-4-1)9-12-14-10-5-2-6-11-14;3-1(4)2(5)6/h1,3-4,7-8H,2,5-6,9-12H2;(H,3,4)(H,5,6). The Morgan fingerprint density at radius 2 is 1.50 bits per heavy atom. The molecule has 0 saturated carbocycles. The Labute approximate surface area is 118 Å². The second-order valence-electron chi connectivity index (χ2n) is 4.75. The van der Waals surface area contributed by atoms with Gasteiger partial charge in [0.15, 0.2) is 0 Å². The highest BCUT2D eigenvalue weighted by Crippen LogP contribution is 2.09. The van der Waals surface area contributed by atoms with Crippen LogP contribution in [0.15, 0.2) is 30.3 Å². The average molecular weight is 279 g/mol. The Morgan fingerprint density at radius 1 is 0.950 bits per heavy atom. The van der Waals surface area contributed by atoms with Gasteiger partial charge >= 0.3 is 11.9 Å². The van der Waals surface area contributed by atoms with E-state index in [1.54, 1.807) is 0 Å². The number of carboxylic acid groups (broad SMARTS) is 2. The predicted molar refractivity (Wildman–Crippen MR) is 75.7 cm³/mol. The minimum atomic E-state index is -1.82. The largest absolute Gasteiger partial charge is 0.473 e. The van der Waals surface area contributed by atoms with Crippen LogP contribution in [-0.2, 0) is 16.0 Å². The van der Waals surface area contributed by atoms with Gasteiger partial charge in [-0.1, -0.05) is 36.8 Å². The molecule has 1 aliphatic heterocycles. The molecule has 2 N–H and O–H groups in total. The van der Waals surface area contributed by atoms with Gasteiger partial charge in [-0.25, -0.2) is 9.59 Å². The van der Waals surface area contributed by atoms with Crippen molar-refractivity contribution in [2.24, 2.45) is 0 Å². The summed E-state index contributed by atoms with van der Waals surface area (Å²) in [5.41, 5.74) is 1.47. The molecule has 0 amide bonds. The number of carbonyl (C=O) groups is 2. The Morgan fingerprint density at radius 3 is 2.00 bits per heavy atom. The topological polar surface area (TPSA) is 77.8 Å². The zero-order chi connectivity index (χ0) is 14.8. The van der Waals surface area contributed by atoms with Crippen molar-refractivity contribution in [3.8, 4) is 0 Å². The van der Waals surface area contributed by atoms with Crippen LogP contribution in [0, 0.1) is 0 Å². The molecule has 1 saturated heterocycles. The van der Waals surface area contributed by atoms with E-state index in [9.17, 15) is 0 Å². The van der Waals surface area contributed by atoms with Crippen LogP contribution in [0.4, 0.5) is 0 Å². The molecule has 1 heterocycles. The second kappa shape index (κ2) is 9.09. The number of nitrogens with zero attached hydrogens (tertiary/aromatic N) is 1. The van der Waals surface area contributed by atoms with Crippen LogP contribution in [0.1, 0.15) is 24.8 Å². The van der Waals surface area contributed by atoms with Crippen molar-refractivity contribution in [3.05, 3.63) is 35.9 Å². The van der Waals surface area contributed by atoms with E-state index in [1.807, 2.05) is 0 Å². The third kappa shape index (κ3) is 6.89. The highest BCUT2D eigenvalue weighted by molar-refractivity contribution is 6.27. The number of likely N-dealkylation sites (tertiary alicyclic amines) is 1. The molecule has 0 spiro atoms. The molecule has 110 valence electrons. The lowest BCUT2D eigenvalue weighted by molar-refractivity contribution is -0.159. The highest BCUT2D eigenvalue weighted by atomic mass is 16.4. The quantitative estimate of drug-likeness (QED) is 0.826.